The Morgan fingerprint density at radius 1 is 0.232 bits per heavy atom. The third-order valence-corrected chi connectivity index (χ3v) is 23.3. The van der Waals surface area contributed by atoms with E-state index in [0.29, 0.717) is 19.3 Å². The van der Waals surface area contributed by atoms with Crippen LogP contribution in [0.5, 0.6) is 0 Å². The Morgan fingerprint density at radius 3 is 0.672 bits per heavy atom. The molecule has 0 saturated carbocycles. The number of rotatable bonds is 95. The predicted octanol–water partition coefficient (Wildman–Crippen LogP) is 31.8. The molecule has 0 bridgehead atoms. The number of aliphatic hydroxyl groups is 2. The topological polar surface area (TPSA) is 231 Å². The van der Waals surface area contributed by atoms with Crippen molar-refractivity contribution in [3.05, 3.63) is 170 Å². The quantitative estimate of drug-likeness (QED) is 0.0146. The van der Waals surface area contributed by atoms with Gasteiger partial charge >= 0.3 is 33.6 Å². The summed E-state index contributed by atoms with van der Waals surface area (Å²) < 4.78 is 61.7. The first-order valence-electron chi connectivity index (χ1n) is 50.4. The van der Waals surface area contributed by atoms with E-state index < -0.39 is 91.5 Å². The van der Waals surface area contributed by atoms with E-state index in [1.165, 1.54) is 212 Å². The van der Waals surface area contributed by atoms with Crippen molar-refractivity contribution >= 4 is 33.6 Å². The van der Waals surface area contributed by atoms with Crippen LogP contribution in [0.25, 0.3) is 0 Å². The Balaban J connectivity index is 4.59. The van der Waals surface area contributed by atoms with E-state index in [1.807, 2.05) is 0 Å². The van der Waals surface area contributed by atoms with Crippen LogP contribution in [0.4, 0.5) is 0 Å². The van der Waals surface area contributed by atoms with Crippen molar-refractivity contribution in [1.29, 1.82) is 0 Å². The van der Waals surface area contributed by atoms with Gasteiger partial charge < -0.3 is 34.2 Å². The molecule has 0 aliphatic rings. The zero-order chi connectivity index (χ0) is 90.7. The number of ether oxygens (including phenoxy) is 3. The lowest BCUT2D eigenvalue weighted by Gasteiger charge is -2.21. The van der Waals surface area contributed by atoms with Gasteiger partial charge in [0.05, 0.1) is 26.4 Å². The molecule has 18 heteroatoms. The number of aliphatic hydroxyl groups excluding tert-OH is 2. The minimum atomic E-state index is -4.95. The van der Waals surface area contributed by atoms with E-state index >= 15 is 0 Å². The molecule has 0 aromatic carbocycles. The summed E-state index contributed by atoms with van der Waals surface area (Å²) in [5, 5.41) is 20.8. The van der Waals surface area contributed by atoms with Crippen LogP contribution in [-0.2, 0) is 55.8 Å². The number of carbonyl (C=O) groups is 3. The van der Waals surface area contributed by atoms with Gasteiger partial charge in [0.1, 0.15) is 25.4 Å². The van der Waals surface area contributed by atoms with Gasteiger partial charge in [-0.1, -0.05) is 422 Å². The van der Waals surface area contributed by atoms with Gasteiger partial charge in [-0.2, -0.15) is 0 Å². The number of hydrogen-bond acceptors (Lipinski definition) is 14. The summed E-state index contributed by atoms with van der Waals surface area (Å²) in [6.07, 6.45) is 128. The predicted molar refractivity (Wildman–Crippen MR) is 528 cm³/mol. The minimum Gasteiger partial charge on any atom is -0.463 e. The molecule has 0 rings (SSSR count). The third kappa shape index (κ3) is 99.3. The van der Waals surface area contributed by atoms with Crippen LogP contribution in [0.2, 0.25) is 0 Å². The fourth-order valence-corrected chi connectivity index (χ4v) is 15.4. The summed E-state index contributed by atoms with van der Waals surface area (Å²) in [7, 11) is -9.82. The molecular formula is C107H184O16P2. The summed E-state index contributed by atoms with van der Waals surface area (Å²) in [4.78, 5) is 59.2. The van der Waals surface area contributed by atoms with Gasteiger partial charge in [0, 0.05) is 19.3 Å². The van der Waals surface area contributed by atoms with Gasteiger partial charge in [-0.15, -0.1) is 0 Å². The lowest BCUT2D eigenvalue weighted by molar-refractivity contribution is -0.161. The van der Waals surface area contributed by atoms with Crippen LogP contribution in [0.15, 0.2) is 170 Å². The first-order valence-corrected chi connectivity index (χ1v) is 53.4. The molecule has 4 N–H and O–H groups in total. The Morgan fingerprint density at radius 2 is 0.424 bits per heavy atom. The molecule has 718 valence electrons. The van der Waals surface area contributed by atoms with Crippen molar-refractivity contribution in [2.24, 2.45) is 0 Å². The van der Waals surface area contributed by atoms with Gasteiger partial charge in [-0.3, -0.25) is 32.5 Å². The van der Waals surface area contributed by atoms with Gasteiger partial charge in [0.2, 0.25) is 0 Å². The maximum absolute atomic E-state index is 13.1. The summed E-state index contributed by atoms with van der Waals surface area (Å²) in [6.45, 7) is 2.57. The number of phosphoric ester groups is 2. The van der Waals surface area contributed by atoms with Gasteiger partial charge in [0.15, 0.2) is 6.10 Å². The molecular weight excluding hydrogens is 1600 g/mol. The first-order chi connectivity index (χ1) is 61.2. The Kier molecular flexibility index (Phi) is 94.0. The molecule has 0 aromatic rings. The maximum Gasteiger partial charge on any atom is 0.472 e. The number of carbonyl (C=O) groups excluding carboxylic acids is 3. The van der Waals surface area contributed by atoms with Crippen molar-refractivity contribution in [3.63, 3.8) is 0 Å². The van der Waals surface area contributed by atoms with Crippen LogP contribution >= 0.6 is 15.6 Å². The second kappa shape index (κ2) is 98.0. The van der Waals surface area contributed by atoms with Crippen molar-refractivity contribution < 1.29 is 75.8 Å². The molecule has 5 unspecified atom stereocenters. The van der Waals surface area contributed by atoms with E-state index in [9.17, 15) is 43.5 Å². The molecule has 0 fully saturated rings. The molecule has 0 aliphatic heterocycles. The first kappa shape index (κ1) is 120. The molecule has 0 saturated heterocycles. The second-order valence-corrected chi connectivity index (χ2v) is 36.5. The normalized spacial score (nSPS) is 14.4. The Bertz CT molecular complexity index is 2950. The number of esters is 3. The molecule has 0 radical (unpaired) electrons. The van der Waals surface area contributed by atoms with Gasteiger partial charge in [-0.05, 0) is 161 Å². The molecule has 125 heavy (non-hydrogen) atoms. The smallest absolute Gasteiger partial charge is 0.463 e. The van der Waals surface area contributed by atoms with Crippen LogP contribution in [0.1, 0.15) is 432 Å². The maximum atomic E-state index is 13.1. The third-order valence-electron chi connectivity index (χ3n) is 21.4. The van der Waals surface area contributed by atoms with Gasteiger partial charge in [0.25, 0.3) is 0 Å². The molecule has 5 atom stereocenters. The SMILES string of the molecule is CC/C=C\C/C=C\C/C=C\C/C=C\C/C=C\C/C=C\CCCCCCCCCCCCCCCCCCC(=O)OCC(O)COP(=O)(O)OCC(O)COP(=O)(O)OCC(COC(=O)CCCCCCCCCCCCC/C=C\C/C=C\C/C=C\C/C=C\CCCCC)OC(=O)CCCCCCCCCCCCC/C=C\C/C=C\C/C=C\C/C=C\CCCCC. The summed E-state index contributed by atoms with van der Waals surface area (Å²) in [6, 6.07) is 0. The highest BCUT2D eigenvalue weighted by atomic mass is 31.2. The van der Waals surface area contributed by atoms with Crippen molar-refractivity contribution in [2.45, 2.75) is 450 Å². The van der Waals surface area contributed by atoms with E-state index in [-0.39, 0.29) is 19.3 Å². The average Bonchev–Trinajstić information content (AvgIpc) is 0.906. The number of allylic oxidation sites excluding steroid dienone is 28. The van der Waals surface area contributed by atoms with Crippen LogP contribution in [0, 0.1) is 0 Å². The minimum absolute atomic E-state index is 0.0972. The number of hydrogen-bond donors (Lipinski definition) is 4. The fraction of sp³-hybridized carbons (Fsp3) is 0.710. The zero-order valence-corrected chi connectivity index (χ0v) is 81.3. The molecule has 16 nitrogen and oxygen atoms in total. The Labute approximate surface area is 764 Å². The van der Waals surface area contributed by atoms with Crippen molar-refractivity contribution in [2.75, 3.05) is 39.6 Å². The van der Waals surface area contributed by atoms with E-state index in [2.05, 4.69) is 191 Å². The van der Waals surface area contributed by atoms with E-state index in [1.54, 1.807) is 0 Å². The van der Waals surface area contributed by atoms with E-state index in [4.69, 9.17) is 32.3 Å². The summed E-state index contributed by atoms with van der Waals surface area (Å²) in [5.41, 5.74) is 0. The largest absolute Gasteiger partial charge is 0.472 e. The summed E-state index contributed by atoms with van der Waals surface area (Å²) >= 11 is 0. The molecule has 0 aromatic heterocycles. The zero-order valence-electron chi connectivity index (χ0n) is 79.5. The highest BCUT2D eigenvalue weighted by molar-refractivity contribution is 7.47. The second-order valence-electron chi connectivity index (χ2n) is 33.5. The standard InChI is InChI=1S/C107H184O16P2/c1-4-7-10-13-16-19-22-25-28-31-34-37-40-43-46-47-48-49-50-51-52-53-56-58-60-63-66-69-72-75-78-81-84-87-90-93-105(110)117-96-102(108)97-119-124(113,114)120-98-103(109)99-121-125(115,116)122-101-104(123-107(112)95-92-89-86-83-80-77-74-71-68-65-62-59-55-45-42-39-36-33-30-27-24-21-18-15-12-9-6-3)100-118-106(111)94-91-88-85-82-79-76-73-70-67-64-61-57-54-44-41-38-35-32-29-26-23-20-17-14-11-8-5-2/h7,10,16-21,25-30,34-39,43-46,48-49,54-55,102-104,108-109H,4-6,8-9,11-15,22-24,31-33,40-42,47,50-53,56-101H2,1-3H3,(H,113,114)(H,115,116)/b10-7-,19-16-,20-17-,21-18-,28-25-,29-26-,30-27-,37-34-,38-35-,39-36-,46-43-,49-48-,54-44-,55-45-. The van der Waals surface area contributed by atoms with Gasteiger partial charge in [-0.25, -0.2) is 9.13 Å². The lowest BCUT2D eigenvalue weighted by Crippen LogP contribution is -2.30. The molecule has 0 aliphatic carbocycles. The summed E-state index contributed by atoms with van der Waals surface area (Å²) in [5.74, 6) is -1.57. The fourth-order valence-electron chi connectivity index (χ4n) is 13.8. The highest BCUT2D eigenvalue weighted by Gasteiger charge is 2.30. The number of unbranched alkanes of at least 4 members (excludes halogenated alkanes) is 44. The highest BCUT2D eigenvalue weighted by Crippen LogP contribution is 2.45. The number of phosphoric acid groups is 2. The molecule has 0 heterocycles. The van der Waals surface area contributed by atoms with E-state index in [0.717, 1.165) is 161 Å². The monoisotopic (exact) mass is 1790 g/mol. The average molecular weight is 1790 g/mol. The molecule has 0 spiro atoms. The van der Waals surface area contributed by atoms with Crippen LogP contribution < -0.4 is 0 Å². The van der Waals surface area contributed by atoms with Crippen LogP contribution in [0.3, 0.4) is 0 Å². The lowest BCUT2D eigenvalue weighted by atomic mass is 10.0. The van der Waals surface area contributed by atoms with Crippen molar-refractivity contribution in [3.8, 4) is 0 Å². The Hall–Kier alpha value is -5.09. The van der Waals surface area contributed by atoms with Crippen molar-refractivity contribution in [1.82, 2.24) is 0 Å². The molecule has 0 amide bonds. The van der Waals surface area contributed by atoms with Crippen LogP contribution in [-0.4, -0.2) is 95.9 Å².